The second-order valence-electron chi connectivity index (χ2n) is 15.3. The van der Waals surface area contributed by atoms with E-state index >= 15 is 0 Å². The van der Waals surface area contributed by atoms with E-state index in [4.69, 9.17) is 21.2 Å². The van der Waals surface area contributed by atoms with Crippen molar-refractivity contribution in [2.24, 2.45) is 5.16 Å². The first-order valence-corrected chi connectivity index (χ1v) is 21.4. The van der Waals surface area contributed by atoms with Gasteiger partial charge in [0.25, 0.3) is 11.8 Å². The smallest absolute Gasteiger partial charge is 0.410 e. The van der Waals surface area contributed by atoms with E-state index in [2.05, 4.69) is 22.0 Å². The highest BCUT2D eigenvalue weighted by Crippen LogP contribution is 2.42. The molecule has 3 atom stereocenters. The Labute approximate surface area is 366 Å². The molecule has 1 unspecified atom stereocenters. The van der Waals surface area contributed by atoms with Gasteiger partial charge in [-0.15, -0.1) is 11.3 Å². The number of aliphatic carboxylic acids is 1. The highest BCUT2D eigenvalue weighted by atomic mass is 35.5. The normalized spacial score (nSPS) is 20.9. The number of likely N-dealkylation sites (tertiary alicyclic amines) is 2. The summed E-state index contributed by atoms with van der Waals surface area (Å²) in [6.07, 6.45) is 4.12. The van der Waals surface area contributed by atoms with E-state index in [1.165, 1.54) is 11.0 Å². The van der Waals surface area contributed by atoms with Crippen LogP contribution in [0.3, 0.4) is 0 Å². The number of ether oxygens (including phenoxy) is 1. The molecule has 14 nitrogen and oxygen atoms in total. The maximum absolute atomic E-state index is 14.4. The number of aryl methyl sites for hydroxylation is 1. The van der Waals surface area contributed by atoms with Crippen molar-refractivity contribution < 1.29 is 38.7 Å². The average molecular weight is 875 g/mol. The highest BCUT2D eigenvalue weighted by molar-refractivity contribution is 7.16. The van der Waals surface area contributed by atoms with Gasteiger partial charge in [-0.3, -0.25) is 19.3 Å². The molecular formula is C46H43ClN6O8S. The number of rotatable bonds is 13. The van der Waals surface area contributed by atoms with Crippen LogP contribution in [0.4, 0.5) is 4.79 Å². The number of benzene rings is 3. The molecule has 4 aromatic rings. The Hall–Kier alpha value is -6.58. The minimum absolute atomic E-state index is 0.0651. The van der Waals surface area contributed by atoms with Crippen LogP contribution in [0.2, 0.25) is 4.34 Å². The molecule has 5 heterocycles. The first-order valence-electron chi connectivity index (χ1n) is 20.2. The molecule has 3 fully saturated rings. The maximum Gasteiger partial charge on any atom is 0.410 e. The fraction of sp³-hybridized carbons (Fsp3) is 0.283. The predicted octanol–water partition coefficient (Wildman–Crippen LogP) is 6.20. The number of halogens is 1. The number of fused-ring (bicyclic) bond motifs is 1. The second kappa shape index (κ2) is 17.8. The van der Waals surface area contributed by atoms with Gasteiger partial charge in [0.05, 0.1) is 17.1 Å². The minimum Gasteiger partial charge on any atom is -0.477 e. The minimum atomic E-state index is -1.35. The van der Waals surface area contributed by atoms with E-state index in [1.54, 1.807) is 22.8 Å². The fourth-order valence-corrected chi connectivity index (χ4v) is 9.78. The number of thiazole rings is 1. The number of aromatic nitrogens is 1. The zero-order valence-corrected chi connectivity index (χ0v) is 35.3. The van der Waals surface area contributed by atoms with Crippen molar-refractivity contribution in [1.29, 1.82) is 0 Å². The Kier molecular flexibility index (Phi) is 12.1. The molecule has 0 radical (unpaired) electrons. The van der Waals surface area contributed by atoms with Crippen molar-refractivity contribution in [3.63, 3.8) is 0 Å². The van der Waals surface area contributed by atoms with Crippen LogP contribution in [0.1, 0.15) is 53.1 Å². The van der Waals surface area contributed by atoms with Crippen LogP contribution >= 0.6 is 22.9 Å². The third-order valence-electron chi connectivity index (χ3n) is 11.6. The first-order chi connectivity index (χ1) is 30.0. The van der Waals surface area contributed by atoms with Crippen molar-refractivity contribution in [3.05, 3.63) is 158 Å². The lowest BCUT2D eigenvalue weighted by atomic mass is 9.80. The van der Waals surface area contributed by atoms with Crippen molar-refractivity contribution >= 4 is 58.4 Å². The number of oxime groups is 1. The number of carbonyl (C=O) groups excluding carboxylic acids is 4. The summed E-state index contributed by atoms with van der Waals surface area (Å²) in [7, 11) is 0. The standard InChI is InChI=1S/C46H43ClN6O8S/c1-3-25-60-45(59)51-23-22-34(27-51)52-24-21-30(42(52)55)26-29-19-20-35-36(43(56)53(35)39(29)44(57)58)49-41(54)38(37-40(47)62-28(2)48-37)50-61-46(31-13-7-4-8-14-31,32-15-9-5-10-16-32)33-17-11-6-12-18-33/h3-18,26,34-36H,1,19-25,27H2,2H3,(H,49,54)(H,57,58)/b30-26+,50-38+/t34-,35?,36+/m1/s1. The van der Waals surface area contributed by atoms with Gasteiger partial charge in [-0.2, -0.15) is 0 Å². The monoisotopic (exact) mass is 874 g/mol. The van der Waals surface area contributed by atoms with Gasteiger partial charge >= 0.3 is 12.1 Å². The number of allylic oxidation sites excluding steroid dienone is 2. The number of hydrogen-bond acceptors (Lipinski definition) is 10. The van der Waals surface area contributed by atoms with Crippen molar-refractivity contribution in [1.82, 2.24) is 25.0 Å². The van der Waals surface area contributed by atoms with Crippen LogP contribution in [0, 0.1) is 6.92 Å². The maximum atomic E-state index is 14.4. The molecule has 3 saturated heterocycles. The van der Waals surface area contributed by atoms with Gasteiger partial charge in [-0.05, 0) is 44.3 Å². The lowest BCUT2D eigenvalue weighted by Gasteiger charge is -2.50. The summed E-state index contributed by atoms with van der Waals surface area (Å²) in [4.78, 5) is 82.8. The lowest BCUT2D eigenvalue weighted by Crippen LogP contribution is -2.72. The molecule has 4 aliphatic heterocycles. The number of amides is 4. The molecule has 4 amide bonds. The molecule has 1 aromatic heterocycles. The summed E-state index contributed by atoms with van der Waals surface area (Å²) in [5, 5.41) is 18.4. The van der Waals surface area contributed by atoms with Crippen LogP contribution in [0.25, 0.3) is 0 Å². The zero-order chi connectivity index (χ0) is 43.5. The van der Waals surface area contributed by atoms with Gasteiger partial charge in [0.15, 0.2) is 5.71 Å². The van der Waals surface area contributed by atoms with Crippen LogP contribution in [0.15, 0.2) is 132 Å². The van der Waals surface area contributed by atoms with Gasteiger partial charge in [0.1, 0.15) is 28.4 Å². The van der Waals surface area contributed by atoms with Crippen LogP contribution in [0.5, 0.6) is 0 Å². The first kappa shape index (κ1) is 42.1. The number of nitrogens with one attached hydrogen (secondary N) is 1. The number of nitrogens with zero attached hydrogens (tertiary/aromatic N) is 5. The third-order valence-corrected chi connectivity index (χ3v) is 12.8. The number of hydrogen-bond donors (Lipinski definition) is 2. The fourth-order valence-electron chi connectivity index (χ4n) is 8.68. The van der Waals surface area contributed by atoms with Gasteiger partial charge in [0.2, 0.25) is 11.5 Å². The van der Waals surface area contributed by atoms with Gasteiger partial charge in [-0.25, -0.2) is 14.6 Å². The molecule has 0 aliphatic carbocycles. The summed E-state index contributed by atoms with van der Waals surface area (Å²) in [6, 6.07) is 26.4. The second-order valence-corrected chi connectivity index (χ2v) is 17.1. The predicted molar refractivity (Wildman–Crippen MR) is 231 cm³/mol. The van der Waals surface area contributed by atoms with Gasteiger partial charge < -0.3 is 29.8 Å². The molecule has 0 bridgehead atoms. The topological polar surface area (TPSA) is 171 Å². The van der Waals surface area contributed by atoms with Crippen LogP contribution in [-0.2, 0) is 34.4 Å². The Bertz CT molecular complexity index is 2410. The molecule has 318 valence electrons. The number of carboxylic acids is 1. The molecule has 2 N–H and O–H groups in total. The van der Waals surface area contributed by atoms with Crippen molar-refractivity contribution in [3.8, 4) is 0 Å². The largest absolute Gasteiger partial charge is 0.477 e. The summed E-state index contributed by atoms with van der Waals surface area (Å²) >= 11 is 7.83. The molecule has 62 heavy (non-hydrogen) atoms. The molecule has 4 aliphatic rings. The van der Waals surface area contributed by atoms with E-state index < -0.39 is 41.6 Å². The molecule has 0 saturated carbocycles. The van der Waals surface area contributed by atoms with E-state index in [1.807, 2.05) is 91.0 Å². The lowest BCUT2D eigenvalue weighted by molar-refractivity contribution is -0.155. The molecule has 0 spiro atoms. The number of β-lactam (4-membered cyclic amide) rings is 1. The molecule has 8 rings (SSSR count). The Balaban J connectivity index is 1.05. The summed E-state index contributed by atoms with van der Waals surface area (Å²) in [5.74, 6) is -2.98. The zero-order valence-electron chi connectivity index (χ0n) is 33.7. The van der Waals surface area contributed by atoms with Crippen molar-refractivity contribution in [2.45, 2.75) is 56.3 Å². The van der Waals surface area contributed by atoms with E-state index in [0.717, 1.165) is 28.0 Å². The van der Waals surface area contributed by atoms with Crippen molar-refractivity contribution in [2.75, 3.05) is 26.2 Å². The Morgan fingerprint density at radius 3 is 2.16 bits per heavy atom. The van der Waals surface area contributed by atoms with Gasteiger partial charge in [0, 0.05) is 41.9 Å². The molecular weight excluding hydrogens is 832 g/mol. The Morgan fingerprint density at radius 2 is 1.60 bits per heavy atom. The molecule has 16 heteroatoms. The van der Waals surface area contributed by atoms with E-state index in [0.29, 0.717) is 55.1 Å². The van der Waals surface area contributed by atoms with E-state index in [-0.39, 0.29) is 46.4 Å². The SMILES string of the molecule is C=CCOC(=O)N1CC[C@@H](N2CC/C(=C\C3=C(C(=O)O)N4C(=O)[C@@H](NC(=O)/C(=N/OC(c5ccccc5)(c5ccccc5)c5ccccc5)c5nc(C)sc5Cl)C4CC3)C2=O)C1. The van der Waals surface area contributed by atoms with E-state index in [9.17, 15) is 29.1 Å². The number of carboxylic acid groups (broad SMARTS) is 1. The number of carbonyl (C=O) groups is 5. The molecule has 3 aromatic carbocycles. The summed E-state index contributed by atoms with van der Waals surface area (Å²) in [6.45, 7) is 6.58. The van der Waals surface area contributed by atoms with Crippen LogP contribution in [-0.4, -0.2) is 105 Å². The average Bonchev–Trinajstić information content (AvgIpc) is 4.01. The summed E-state index contributed by atoms with van der Waals surface area (Å²) < 4.78 is 5.34. The summed E-state index contributed by atoms with van der Waals surface area (Å²) in [5.41, 5.74) is 1.17. The van der Waals surface area contributed by atoms with Crippen LogP contribution < -0.4 is 5.32 Å². The van der Waals surface area contributed by atoms with Gasteiger partial charge in [-0.1, -0.05) is 120 Å². The quantitative estimate of drug-likeness (QED) is 0.0397. The Morgan fingerprint density at radius 1 is 0.968 bits per heavy atom. The highest BCUT2D eigenvalue weighted by Gasteiger charge is 2.54. The third kappa shape index (κ3) is 7.89.